The van der Waals surface area contributed by atoms with Crippen LogP contribution in [0.25, 0.3) is 0 Å². The van der Waals surface area contributed by atoms with E-state index in [1.165, 1.54) is 0 Å². The average Bonchev–Trinajstić information content (AvgIpc) is 3.17. The van der Waals surface area contributed by atoms with Crippen LogP contribution in [0.1, 0.15) is 27.2 Å². The van der Waals surface area contributed by atoms with E-state index in [0.717, 1.165) is 34.7 Å². The van der Waals surface area contributed by atoms with Crippen molar-refractivity contribution in [3.63, 3.8) is 0 Å². The van der Waals surface area contributed by atoms with Gasteiger partial charge in [0, 0.05) is 24.1 Å². The molecule has 0 N–H and O–H groups in total. The Labute approximate surface area is 191 Å². The predicted octanol–water partition coefficient (Wildman–Crippen LogP) is 7.07. The van der Waals surface area contributed by atoms with Crippen LogP contribution in [0, 0.1) is 6.92 Å². The van der Waals surface area contributed by atoms with Crippen molar-refractivity contribution in [3.05, 3.63) is 112 Å². The molecule has 3 aromatic carbocycles. The van der Waals surface area contributed by atoms with Crippen LogP contribution in [0.5, 0.6) is 0 Å². The molecule has 0 saturated heterocycles. The lowest BCUT2D eigenvalue weighted by Gasteiger charge is -2.23. The normalized spacial score (nSPS) is 13.0. The quantitative estimate of drug-likeness (QED) is 0.314. The van der Waals surface area contributed by atoms with E-state index in [2.05, 4.69) is 20.9 Å². The number of aryl methyl sites for hydroxylation is 1. The van der Waals surface area contributed by atoms with Gasteiger partial charge in [-0.3, -0.25) is 4.79 Å². The third kappa shape index (κ3) is 3.83. The van der Waals surface area contributed by atoms with Crippen LogP contribution in [0.4, 0.5) is 17.1 Å². The summed E-state index contributed by atoms with van der Waals surface area (Å²) < 4.78 is 2.17. The maximum Gasteiger partial charge on any atom is 0.260 e. The molecule has 0 saturated carbocycles. The van der Waals surface area contributed by atoms with Crippen molar-refractivity contribution in [1.29, 1.82) is 0 Å². The lowest BCUT2D eigenvalue weighted by molar-refractivity contribution is 0.0985. The maximum atomic E-state index is 13.6. The second kappa shape index (κ2) is 8.44. The van der Waals surface area contributed by atoms with Crippen LogP contribution in [0.3, 0.4) is 0 Å². The molecule has 0 radical (unpaired) electrons. The fraction of sp³-hybridized carbons (Fsp3) is 0.115. The zero-order valence-electron chi connectivity index (χ0n) is 17.6. The average molecular weight is 441 g/mol. The fourth-order valence-electron chi connectivity index (χ4n) is 3.94. The first-order valence-electron chi connectivity index (χ1n) is 10.4. The van der Waals surface area contributed by atoms with E-state index >= 15 is 0 Å². The van der Waals surface area contributed by atoms with Gasteiger partial charge in [-0.25, -0.2) is 0 Å². The molecule has 0 atom stereocenters. The van der Waals surface area contributed by atoms with E-state index in [1.807, 2.05) is 67.7 Å². The van der Waals surface area contributed by atoms with Crippen molar-refractivity contribution >= 4 is 34.6 Å². The highest BCUT2D eigenvalue weighted by Crippen LogP contribution is 2.32. The van der Waals surface area contributed by atoms with Gasteiger partial charge in [-0.1, -0.05) is 48.0 Å². The number of rotatable bonds is 3. The van der Waals surface area contributed by atoms with Crippen molar-refractivity contribution in [3.8, 4) is 0 Å². The largest absolute Gasteiger partial charge is 0.345 e. The zero-order valence-corrected chi connectivity index (χ0v) is 18.3. The second-order valence-corrected chi connectivity index (χ2v) is 8.21. The van der Waals surface area contributed by atoms with Crippen LogP contribution in [0.15, 0.2) is 95.3 Å². The third-order valence-corrected chi connectivity index (χ3v) is 6.00. The number of fused-ring (bicyclic) bond motifs is 2. The van der Waals surface area contributed by atoms with Crippen LogP contribution < -0.4 is 4.90 Å². The van der Waals surface area contributed by atoms with Crippen molar-refractivity contribution < 1.29 is 4.79 Å². The Kier molecular flexibility index (Phi) is 5.33. The number of amides is 1. The first-order valence-corrected chi connectivity index (χ1v) is 10.8. The number of aromatic nitrogens is 1. The molecule has 32 heavy (non-hydrogen) atoms. The smallest absolute Gasteiger partial charge is 0.260 e. The number of benzene rings is 3. The maximum absolute atomic E-state index is 13.6. The van der Waals surface area contributed by atoms with Crippen molar-refractivity contribution in [2.75, 3.05) is 4.90 Å². The first kappa shape index (κ1) is 20.2. The van der Waals surface area contributed by atoms with E-state index < -0.39 is 0 Å². The van der Waals surface area contributed by atoms with Crippen LogP contribution in [-0.2, 0) is 13.1 Å². The zero-order chi connectivity index (χ0) is 22.1. The molecule has 0 aliphatic carbocycles. The van der Waals surface area contributed by atoms with Gasteiger partial charge in [0.2, 0.25) is 0 Å². The summed E-state index contributed by atoms with van der Waals surface area (Å²) in [5.41, 5.74) is 5.95. The Bertz CT molecular complexity index is 1340. The highest BCUT2D eigenvalue weighted by atomic mass is 35.5. The number of hydrogen-bond acceptors (Lipinski definition) is 3. The summed E-state index contributed by atoms with van der Waals surface area (Å²) in [6.45, 7) is 3.20. The number of halogens is 1. The molecule has 1 aromatic heterocycles. The van der Waals surface area contributed by atoms with Crippen molar-refractivity contribution in [2.24, 2.45) is 10.2 Å². The Morgan fingerprint density at radius 3 is 2.56 bits per heavy atom. The third-order valence-electron chi connectivity index (χ3n) is 5.68. The summed E-state index contributed by atoms with van der Waals surface area (Å²) in [5, 5.41) is 8.96. The molecule has 5 nitrogen and oxygen atoms in total. The van der Waals surface area contributed by atoms with E-state index in [0.29, 0.717) is 22.8 Å². The fourth-order valence-corrected chi connectivity index (χ4v) is 4.19. The Morgan fingerprint density at radius 2 is 1.72 bits per heavy atom. The summed E-state index contributed by atoms with van der Waals surface area (Å²) in [4.78, 5) is 15.4. The number of azo groups is 1. The van der Waals surface area contributed by atoms with Crippen molar-refractivity contribution in [2.45, 2.75) is 20.0 Å². The Hall–Kier alpha value is -3.70. The minimum atomic E-state index is -0.139. The van der Waals surface area contributed by atoms with Gasteiger partial charge in [0.25, 0.3) is 5.91 Å². The molecule has 158 valence electrons. The minimum Gasteiger partial charge on any atom is -0.345 e. The number of para-hydroxylation sites is 1. The Balaban J connectivity index is 1.46. The topological polar surface area (TPSA) is 50.0 Å². The monoisotopic (exact) mass is 440 g/mol. The van der Waals surface area contributed by atoms with Gasteiger partial charge in [-0.15, -0.1) is 0 Å². The van der Waals surface area contributed by atoms with Crippen LogP contribution in [0.2, 0.25) is 5.02 Å². The molecular weight excluding hydrogens is 420 g/mol. The number of carbonyl (C=O) groups is 1. The lowest BCUT2D eigenvalue weighted by atomic mass is 10.1. The highest BCUT2D eigenvalue weighted by molar-refractivity contribution is 6.34. The van der Waals surface area contributed by atoms with Crippen LogP contribution >= 0.6 is 11.6 Å². The van der Waals surface area contributed by atoms with E-state index in [-0.39, 0.29) is 5.91 Å². The molecule has 0 spiro atoms. The summed E-state index contributed by atoms with van der Waals surface area (Å²) in [6, 6.07) is 25.0. The van der Waals surface area contributed by atoms with E-state index in [1.54, 1.807) is 23.1 Å². The molecule has 5 rings (SSSR count). The summed E-state index contributed by atoms with van der Waals surface area (Å²) in [7, 11) is 0. The molecule has 0 unspecified atom stereocenters. The molecule has 4 aromatic rings. The number of anilines is 1. The van der Waals surface area contributed by atoms with E-state index in [4.69, 9.17) is 11.6 Å². The molecule has 0 fully saturated rings. The van der Waals surface area contributed by atoms with Gasteiger partial charge in [0.15, 0.2) is 0 Å². The highest BCUT2D eigenvalue weighted by Gasteiger charge is 2.26. The van der Waals surface area contributed by atoms with Gasteiger partial charge in [-0.05, 0) is 60.5 Å². The summed E-state index contributed by atoms with van der Waals surface area (Å²) >= 11 is 6.55. The molecule has 1 amide bonds. The second-order valence-electron chi connectivity index (χ2n) is 7.80. The lowest BCUT2D eigenvalue weighted by Crippen LogP contribution is -2.30. The molecule has 2 heterocycles. The van der Waals surface area contributed by atoms with Crippen LogP contribution in [-0.4, -0.2) is 10.5 Å². The minimum absolute atomic E-state index is 0.139. The molecular formula is C26H21ClN4O. The van der Waals surface area contributed by atoms with Crippen molar-refractivity contribution in [1.82, 2.24) is 4.57 Å². The van der Waals surface area contributed by atoms with Gasteiger partial charge in [0.1, 0.15) is 0 Å². The number of nitrogens with zero attached hydrogens (tertiary/aromatic N) is 4. The molecule has 6 heteroatoms. The molecule has 0 bridgehead atoms. The SMILES string of the molecule is Cc1ccccc1/N=N/c1ccc(C(=O)N2Cc3cccn3Cc3ccccc32)c(Cl)c1. The van der Waals surface area contributed by atoms with Gasteiger partial charge < -0.3 is 9.47 Å². The summed E-state index contributed by atoms with van der Waals surface area (Å²) in [6.07, 6.45) is 2.04. The van der Waals surface area contributed by atoms with Gasteiger partial charge >= 0.3 is 0 Å². The van der Waals surface area contributed by atoms with Gasteiger partial charge in [-0.2, -0.15) is 10.2 Å². The van der Waals surface area contributed by atoms with E-state index in [9.17, 15) is 4.79 Å². The number of hydrogen-bond donors (Lipinski definition) is 0. The standard InChI is InChI=1S/C26H21ClN4O/c1-18-7-2-4-10-24(18)29-28-20-12-13-22(23(27)15-20)26(32)31-17-21-9-6-14-30(21)16-19-8-3-5-11-25(19)31/h2-15H,16-17H2,1H3/b29-28+. The molecule has 1 aliphatic heterocycles. The Morgan fingerprint density at radius 1 is 0.906 bits per heavy atom. The summed E-state index contributed by atoms with van der Waals surface area (Å²) in [5.74, 6) is -0.139. The first-order chi connectivity index (χ1) is 15.6. The van der Waals surface area contributed by atoms with Gasteiger partial charge in [0.05, 0.1) is 28.5 Å². The molecule has 1 aliphatic rings. The predicted molar refractivity (Wildman–Crippen MR) is 127 cm³/mol. The number of carbonyl (C=O) groups excluding carboxylic acids is 1.